The fraction of sp³-hybridized carbons (Fsp3) is 0.500. The van der Waals surface area contributed by atoms with Crippen molar-refractivity contribution < 1.29 is 16.8 Å². The lowest BCUT2D eigenvalue weighted by Gasteiger charge is -2.13. The number of sulfone groups is 1. The average molecular weight is 318 g/mol. The molecule has 1 aliphatic carbocycles. The highest BCUT2D eigenvalue weighted by Gasteiger charge is 2.38. The molecule has 0 atom stereocenters. The molecule has 0 radical (unpaired) electrons. The van der Waals surface area contributed by atoms with Gasteiger partial charge >= 0.3 is 0 Å². The summed E-state index contributed by atoms with van der Waals surface area (Å²) in [5.74, 6) is 0. The van der Waals surface area contributed by atoms with Gasteiger partial charge in [-0.15, -0.1) is 0 Å². The Kier molecular flexibility index (Phi) is 3.60. The molecule has 2 rings (SSSR count). The molecule has 3 N–H and O–H groups in total. The van der Waals surface area contributed by atoms with Gasteiger partial charge in [0.1, 0.15) is 4.90 Å². The van der Waals surface area contributed by atoms with E-state index in [4.69, 9.17) is 5.73 Å². The van der Waals surface area contributed by atoms with E-state index in [-0.39, 0.29) is 20.9 Å². The van der Waals surface area contributed by atoms with Crippen molar-refractivity contribution in [2.24, 2.45) is 5.41 Å². The van der Waals surface area contributed by atoms with Gasteiger partial charge in [-0.1, -0.05) is 6.92 Å². The van der Waals surface area contributed by atoms with E-state index < -0.39 is 19.9 Å². The predicted molar refractivity (Wildman–Crippen MR) is 76.5 cm³/mol. The smallest absolute Gasteiger partial charge is 0.242 e. The molecule has 1 saturated carbocycles. The molecule has 1 aromatic rings. The summed E-state index contributed by atoms with van der Waals surface area (Å²) >= 11 is 0. The molecule has 1 aliphatic rings. The Morgan fingerprint density at radius 1 is 1.25 bits per heavy atom. The van der Waals surface area contributed by atoms with Gasteiger partial charge < -0.3 is 5.73 Å². The number of rotatable bonds is 5. The second kappa shape index (κ2) is 4.71. The topological polar surface area (TPSA) is 106 Å². The van der Waals surface area contributed by atoms with Gasteiger partial charge in [0.15, 0.2) is 9.84 Å². The monoisotopic (exact) mass is 318 g/mol. The van der Waals surface area contributed by atoms with Crippen LogP contribution >= 0.6 is 0 Å². The Bertz CT molecular complexity index is 735. The number of nitrogen functional groups attached to an aromatic ring is 1. The molecule has 0 amide bonds. The van der Waals surface area contributed by atoms with Crippen LogP contribution in [-0.2, 0) is 19.9 Å². The zero-order valence-electron chi connectivity index (χ0n) is 11.4. The third-order valence-electron chi connectivity index (χ3n) is 3.50. The molecule has 0 aliphatic heterocycles. The number of benzene rings is 1. The number of sulfonamides is 1. The number of hydrogen-bond donors (Lipinski definition) is 2. The summed E-state index contributed by atoms with van der Waals surface area (Å²) in [6.07, 6.45) is 2.98. The minimum Gasteiger partial charge on any atom is -0.398 e. The zero-order valence-corrected chi connectivity index (χ0v) is 13.0. The van der Waals surface area contributed by atoms with Crippen LogP contribution in [0, 0.1) is 5.41 Å². The Balaban J connectivity index is 2.35. The molecule has 0 spiro atoms. The molecule has 0 unspecified atom stereocenters. The largest absolute Gasteiger partial charge is 0.398 e. The third-order valence-corrected chi connectivity index (χ3v) is 6.06. The van der Waals surface area contributed by atoms with Crippen LogP contribution in [0.4, 0.5) is 5.69 Å². The molecule has 0 bridgehead atoms. The van der Waals surface area contributed by atoms with Crippen molar-refractivity contribution in [3.05, 3.63) is 18.2 Å². The van der Waals surface area contributed by atoms with E-state index in [0.717, 1.165) is 25.2 Å². The molecule has 112 valence electrons. The summed E-state index contributed by atoms with van der Waals surface area (Å²) in [6, 6.07) is 3.69. The summed E-state index contributed by atoms with van der Waals surface area (Å²) in [5, 5.41) is 0. The van der Waals surface area contributed by atoms with Crippen LogP contribution in [0.15, 0.2) is 28.0 Å². The maximum atomic E-state index is 12.2. The number of anilines is 1. The second-order valence-electron chi connectivity index (χ2n) is 5.61. The van der Waals surface area contributed by atoms with E-state index in [2.05, 4.69) is 4.72 Å². The van der Waals surface area contributed by atoms with Gasteiger partial charge in [0.05, 0.1) is 10.6 Å². The predicted octanol–water partition coefficient (Wildman–Crippen LogP) is 0.751. The molecule has 20 heavy (non-hydrogen) atoms. The van der Waals surface area contributed by atoms with E-state index in [1.807, 2.05) is 6.92 Å². The minimum absolute atomic E-state index is 0.0102. The lowest BCUT2D eigenvalue weighted by atomic mass is 10.2. The van der Waals surface area contributed by atoms with Gasteiger partial charge in [0.25, 0.3) is 0 Å². The quantitative estimate of drug-likeness (QED) is 0.779. The van der Waals surface area contributed by atoms with E-state index >= 15 is 0 Å². The number of nitrogens with one attached hydrogen (secondary N) is 1. The first-order chi connectivity index (χ1) is 9.04. The van der Waals surface area contributed by atoms with Crippen LogP contribution < -0.4 is 10.5 Å². The average Bonchev–Trinajstić information content (AvgIpc) is 3.05. The molecule has 0 saturated heterocycles. The van der Waals surface area contributed by atoms with Crippen LogP contribution in [0.1, 0.15) is 19.8 Å². The Morgan fingerprint density at radius 2 is 1.85 bits per heavy atom. The maximum absolute atomic E-state index is 12.2. The van der Waals surface area contributed by atoms with Gasteiger partial charge in [-0.2, -0.15) is 0 Å². The van der Waals surface area contributed by atoms with Gasteiger partial charge in [-0.25, -0.2) is 21.6 Å². The Labute approximate surface area is 119 Å². The first kappa shape index (κ1) is 15.3. The highest BCUT2D eigenvalue weighted by Crippen LogP contribution is 2.44. The summed E-state index contributed by atoms with van der Waals surface area (Å²) in [6.45, 7) is 2.32. The highest BCUT2D eigenvalue weighted by molar-refractivity contribution is 7.91. The first-order valence-corrected chi connectivity index (χ1v) is 9.50. The van der Waals surface area contributed by atoms with Gasteiger partial charge in [-0.3, -0.25) is 0 Å². The Morgan fingerprint density at radius 3 is 2.35 bits per heavy atom. The van der Waals surface area contributed by atoms with Crippen molar-refractivity contribution in [3.63, 3.8) is 0 Å². The maximum Gasteiger partial charge on any atom is 0.242 e. The molecule has 1 fully saturated rings. The summed E-state index contributed by atoms with van der Waals surface area (Å²) in [5.41, 5.74) is 5.70. The summed E-state index contributed by atoms with van der Waals surface area (Å²) in [7, 11) is -7.29. The second-order valence-corrected chi connectivity index (χ2v) is 9.36. The highest BCUT2D eigenvalue weighted by atomic mass is 32.2. The molecule has 8 heteroatoms. The first-order valence-electron chi connectivity index (χ1n) is 6.13. The van der Waals surface area contributed by atoms with Crippen LogP contribution in [-0.4, -0.2) is 29.6 Å². The summed E-state index contributed by atoms with van der Waals surface area (Å²) in [4.78, 5) is -0.255. The van der Waals surface area contributed by atoms with Crippen LogP contribution in [0.2, 0.25) is 0 Å². The van der Waals surface area contributed by atoms with Crippen LogP contribution in [0.5, 0.6) is 0 Å². The fourth-order valence-electron chi connectivity index (χ4n) is 1.72. The molecule has 0 aromatic heterocycles. The van der Waals surface area contributed by atoms with E-state index in [1.54, 1.807) is 0 Å². The molecule has 1 aromatic carbocycles. The van der Waals surface area contributed by atoms with Gasteiger partial charge in [0, 0.05) is 12.8 Å². The summed E-state index contributed by atoms with van der Waals surface area (Å²) < 4.78 is 49.9. The fourth-order valence-corrected chi connectivity index (χ4v) is 3.79. The zero-order chi connectivity index (χ0) is 15.2. The van der Waals surface area contributed by atoms with Crippen molar-refractivity contribution >= 4 is 25.5 Å². The van der Waals surface area contributed by atoms with Gasteiger partial charge in [-0.05, 0) is 36.5 Å². The van der Waals surface area contributed by atoms with E-state index in [1.165, 1.54) is 12.1 Å². The SMILES string of the molecule is CC1(CNS(=O)(=O)c2cc(S(C)(=O)=O)ccc2N)CC1. The van der Waals surface area contributed by atoms with Crippen molar-refractivity contribution in [3.8, 4) is 0 Å². The third kappa shape index (κ3) is 3.31. The lowest BCUT2D eigenvalue weighted by Crippen LogP contribution is -2.29. The van der Waals surface area contributed by atoms with Crippen molar-refractivity contribution in [1.82, 2.24) is 4.72 Å². The standard InChI is InChI=1S/C12H18N2O4S2/c1-12(5-6-12)8-14-20(17,18)11-7-9(19(2,15)16)3-4-10(11)13/h3-4,7,14H,5-6,8,13H2,1-2H3. The molecular formula is C12H18N2O4S2. The minimum atomic E-state index is -3.81. The molecule has 6 nitrogen and oxygen atoms in total. The van der Waals surface area contributed by atoms with E-state index in [0.29, 0.717) is 6.54 Å². The van der Waals surface area contributed by atoms with Crippen LogP contribution in [0.25, 0.3) is 0 Å². The van der Waals surface area contributed by atoms with E-state index in [9.17, 15) is 16.8 Å². The van der Waals surface area contributed by atoms with Crippen molar-refractivity contribution in [2.45, 2.75) is 29.6 Å². The van der Waals surface area contributed by atoms with Crippen molar-refractivity contribution in [2.75, 3.05) is 18.5 Å². The normalized spacial score (nSPS) is 17.9. The van der Waals surface area contributed by atoms with Crippen molar-refractivity contribution in [1.29, 1.82) is 0 Å². The van der Waals surface area contributed by atoms with Crippen LogP contribution in [0.3, 0.4) is 0 Å². The molecular weight excluding hydrogens is 300 g/mol. The van der Waals surface area contributed by atoms with Gasteiger partial charge in [0.2, 0.25) is 10.0 Å². The Hall–Kier alpha value is -1.12. The molecule has 0 heterocycles. The number of nitrogens with two attached hydrogens (primary N) is 1. The number of hydrogen-bond acceptors (Lipinski definition) is 5. The lowest BCUT2D eigenvalue weighted by molar-refractivity contribution is 0.530.